The van der Waals surface area contributed by atoms with Gasteiger partial charge in [0.1, 0.15) is 18.0 Å². The molecule has 0 spiro atoms. The predicted molar refractivity (Wildman–Crippen MR) is 80.0 cm³/mol. The molecule has 1 atom stereocenters. The third-order valence-corrected chi connectivity index (χ3v) is 3.81. The average Bonchev–Trinajstić information content (AvgIpc) is 2.98. The van der Waals surface area contributed by atoms with Gasteiger partial charge in [-0.2, -0.15) is 10.4 Å². The molecule has 2 heterocycles. The molecule has 1 aliphatic heterocycles. The van der Waals surface area contributed by atoms with Crippen molar-refractivity contribution < 1.29 is 9.47 Å². The van der Waals surface area contributed by atoms with Crippen molar-refractivity contribution in [3.8, 4) is 17.6 Å². The molecule has 6 heteroatoms. The fourth-order valence-electron chi connectivity index (χ4n) is 2.27. The third kappa shape index (κ3) is 3.26. The molecule has 1 aromatic heterocycles. The van der Waals surface area contributed by atoms with Gasteiger partial charge in [-0.1, -0.05) is 15.9 Å². The summed E-state index contributed by atoms with van der Waals surface area (Å²) >= 11 is 3.34. The number of aromatic nitrogens is 2. The van der Waals surface area contributed by atoms with Crippen LogP contribution in [-0.4, -0.2) is 16.4 Å². The van der Waals surface area contributed by atoms with E-state index >= 15 is 0 Å². The monoisotopic (exact) mass is 347 g/mol. The summed E-state index contributed by atoms with van der Waals surface area (Å²) in [5, 5.41) is 13.4. The number of hydrogen-bond donors (Lipinski definition) is 0. The number of ether oxygens (including phenoxy) is 2. The number of rotatable bonds is 3. The molecule has 1 fully saturated rings. The van der Waals surface area contributed by atoms with E-state index in [-0.39, 0.29) is 6.23 Å². The molecule has 0 radical (unpaired) electrons. The lowest BCUT2D eigenvalue weighted by Crippen LogP contribution is -2.18. The first kappa shape index (κ1) is 14.1. The molecule has 5 nitrogen and oxygen atoms in total. The van der Waals surface area contributed by atoms with Crippen LogP contribution in [0.5, 0.6) is 11.5 Å². The van der Waals surface area contributed by atoms with E-state index in [0.717, 1.165) is 30.3 Å². The Hall–Kier alpha value is -1.84. The van der Waals surface area contributed by atoms with E-state index in [1.807, 2.05) is 6.07 Å². The molecule has 21 heavy (non-hydrogen) atoms. The highest BCUT2D eigenvalue weighted by Gasteiger charge is 2.17. The molecule has 1 aliphatic rings. The number of halogens is 1. The summed E-state index contributed by atoms with van der Waals surface area (Å²) in [6, 6.07) is 7.45. The Bertz CT molecular complexity index is 672. The zero-order valence-corrected chi connectivity index (χ0v) is 12.9. The normalized spacial score (nSPS) is 18.2. The second-order valence-electron chi connectivity index (χ2n) is 4.83. The van der Waals surface area contributed by atoms with E-state index in [1.54, 1.807) is 29.2 Å². The highest BCUT2D eigenvalue weighted by molar-refractivity contribution is 9.10. The number of nitriles is 1. The molecule has 108 valence electrons. The molecule has 0 bridgehead atoms. The number of hydrogen-bond acceptors (Lipinski definition) is 4. The lowest BCUT2D eigenvalue weighted by Gasteiger charge is -2.22. The maximum Gasteiger partial charge on any atom is 0.165 e. The quantitative estimate of drug-likeness (QED) is 0.841. The van der Waals surface area contributed by atoms with Crippen LogP contribution in [0, 0.1) is 11.3 Å². The van der Waals surface area contributed by atoms with Gasteiger partial charge >= 0.3 is 0 Å². The Kier molecular flexibility index (Phi) is 4.23. The third-order valence-electron chi connectivity index (χ3n) is 3.32. The number of nitrogens with zero attached hydrogens (tertiary/aromatic N) is 3. The first-order chi connectivity index (χ1) is 10.3. The SMILES string of the molecule is N#Cc1cc(Br)ccc1Oc1cnn(C2CCCCO2)c1. The van der Waals surface area contributed by atoms with Crippen LogP contribution in [0.1, 0.15) is 31.1 Å². The second kappa shape index (κ2) is 6.29. The fourth-order valence-corrected chi connectivity index (χ4v) is 2.63. The Morgan fingerprint density at radius 2 is 2.33 bits per heavy atom. The molecule has 3 rings (SSSR count). The number of benzene rings is 1. The van der Waals surface area contributed by atoms with E-state index in [2.05, 4.69) is 27.1 Å². The summed E-state index contributed by atoms with van der Waals surface area (Å²) in [5.41, 5.74) is 0.478. The minimum absolute atomic E-state index is 0.0172. The van der Waals surface area contributed by atoms with Crippen LogP contribution in [0.3, 0.4) is 0 Å². The summed E-state index contributed by atoms with van der Waals surface area (Å²) in [4.78, 5) is 0. The minimum atomic E-state index is -0.0172. The standard InChI is InChI=1S/C15H14BrN3O2/c16-12-4-5-14(11(7-12)8-17)21-13-9-18-19(10-13)15-3-1-2-6-20-15/h4-5,7,9-10,15H,1-3,6H2. The lowest BCUT2D eigenvalue weighted by atomic mass is 10.2. The second-order valence-corrected chi connectivity index (χ2v) is 5.75. The van der Waals surface area contributed by atoms with Gasteiger partial charge in [0.25, 0.3) is 0 Å². The predicted octanol–water partition coefficient (Wildman–Crippen LogP) is 4.01. The molecule has 2 aromatic rings. The van der Waals surface area contributed by atoms with Gasteiger partial charge in [-0.3, -0.25) is 0 Å². The van der Waals surface area contributed by atoms with E-state index in [1.165, 1.54) is 0 Å². The van der Waals surface area contributed by atoms with Crippen LogP contribution in [0.25, 0.3) is 0 Å². The summed E-state index contributed by atoms with van der Waals surface area (Å²) in [5.74, 6) is 1.12. The molecular weight excluding hydrogens is 334 g/mol. The van der Waals surface area contributed by atoms with Gasteiger partial charge in [-0.05, 0) is 37.5 Å². The van der Waals surface area contributed by atoms with Crippen LogP contribution in [-0.2, 0) is 4.74 Å². The fraction of sp³-hybridized carbons (Fsp3) is 0.333. The van der Waals surface area contributed by atoms with Crippen LogP contribution in [0.15, 0.2) is 35.1 Å². The Morgan fingerprint density at radius 1 is 1.43 bits per heavy atom. The van der Waals surface area contributed by atoms with Gasteiger partial charge in [0.15, 0.2) is 5.75 Å². The van der Waals surface area contributed by atoms with Gasteiger partial charge in [0, 0.05) is 11.1 Å². The first-order valence-electron chi connectivity index (χ1n) is 6.79. The maximum atomic E-state index is 9.14. The van der Waals surface area contributed by atoms with Crippen molar-refractivity contribution in [1.82, 2.24) is 9.78 Å². The van der Waals surface area contributed by atoms with E-state index in [0.29, 0.717) is 17.1 Å². The van der Waals surface area contributed by atoms with Gasteiger partial charge in [-0.15, -0.1) is 0 Å². The van der Waals surface area contributed by atoms with Crippen molar-refractivity contribution in [2.45, 2.75) is 25.5 Å². The maximum absolute atomic E-state index is 9.14. The van der Waals surface area contributed by atoms with E-state index in [4.69, 9.17) is 14.7 Å². The van der Waals surface area contributed by atoms with Gasteiger partial charge in [-0.25, -0.2) is 4.68 Å². The van der Waals surface area contributed by atoms with Crippen LogP contribution in [0.4, 0.5) is 0 Å². The van der Waals surface area contributed by atoms with Crippen molar-refractivity contribution in [2.75, 3.05) is 6.61 Å². The smallest absolute Gasteiger partial charge is 0.165 e. The van der Waals surface area contributed by atoms with Gasteiger partial charge < -0.3 is 9.47 Å². The zero-order valence-electron chi connectivity index (χ0n) is 11.3. The molecule has 0 N–H and O–H groups in total. The highest BCUT2D eigenvalue weighted by Crippen LogP contribution is 2.29. The highest BCUT2D eigenvalue weighted by atomic mass is 79.9. The Balaban J connectivity index is 1.77. The van der Waals surface area contributed by atoms with Crippen molar-refractivity contribution in [2.24, 2.45) is 0 Å². The van der Waals surface area contributed by atoms with E-state index < -0.39 is 0 Å². The van der Waals surface area contributed by atoms with Gasteiger partial charge in [0.05, 0.1) is 18.0 Å². The summed E-state index contributed by atoms with van der Waals surface area (Å²) in [6.07, 6.45) is 6.64. The summed E-state index contributed by atoms with van der Waals surface area (Å²) in [6.45, 7) is 0.770. The molecule has 0 saturated carbocycles. The molecular formula is C15H14BrN3O2. The van der Waals surface area contributed by atoms with Crippen LogP contribution < -0.4 is 4.74 Å². The van der Waals surface area contributed by atoms with Crippen LogP contribution in [0.2, 0.25) is 0 Å². The van der Waals surface area contributed by atoms with Crippen molar-refractivity contribution >= 4 is 15.9 Å². The summed E-state index contributed by atoms with van der Waals surface area (Å²) in [7, 11) is 0. The van der Waals surface area contributed by atoms with Crippen molar-refractivity contribution in [1.29, 1.82) is 5.26 Å². The topological polar surface area (TPSA) is 60.1 Å². The molecule has 0 amide bonds. The summed E-state index contributed by atoms with van der Waals surface area (Å²) < 4.78 is 14.0. The first-order valence-corrected chi connectivity index (χ1v) is 7.59. The molecule has 1 unspecified atom stereocenters. The Labute approximate surface area is 131 Å². The molecule has 0 aliphatic carbocycles. The van der Waals surface area contributed by atoms with Crippen molar-refractivity contribution in [3.63, 3.8) is 0 Å². The molecule has 1 saturated heterocycles. The largest absolute Gasteiger partial charge is 0.453 e. The van der Waals surface area contributed by atoms with Crippen LogP contribution >= 0.6 is 15.9 Å². The minimum Gasteiger partial charge on any atom is -0.453 e. The molecule has 1 aromatic carbocycles. The van der Waals surface area contributed by atoms with Crippen molar-refractivity contribution in [3.05, 3.63) is 40.6 Å². The zero-order chi connectivity index (χ0) is 14.7. The van der Waals surface area contributed by atoms with Gasteiger partial charge in [0.2, 0.25) is 0 Å². The average molecular weight is 348 g/mol. The van der Waals surface area contributed by atoms with E-state index in [9.17, 15) is 0 Å². The Morgan fingerprint density at radius 3 is 3.10 bits per heavy atom. The lowest BCUT2D eigenvalue weighted by molar-refractivity contribution is -0.0395.